The Morgan fingerprint density at radius 2 is 2.20 bits per heavy atom. The fourth-order valence-corrected chi connectivity index (χ4v) is 1.86. The molecule has 1 amide bonds. The molecular formula is C14H10ClN3O2. The molecule has 0 fully saturated rings. The van der Waals surface area contributed by atoms with Gasteiger partial charge in [0.1, 0.15) is 22.7 Å². The highest BCUT2D eigenvalue weighted by Gasteiger charge is 2.16. The molecule has 1 aromatic heterocycles. The van der Waals surface area contributed by atoms with E-state index in [0.29, 0.717) is 17.0 Å². The standard InChI is InChI=1S/C14H10ClN3O2/c1-20-11-6-2-4-9(8-16)12(11)18-14(19)10-5-3-7-17-13(10)15/h2-7H,1H3,(H,18,19). The number of hydrogen-bond acceptors (Lipinski definition) is 4. The molecule has 0 saturated heterocycles. The quantitative estimate of drug-likeness (QED) is 0.881. The van der Waals surface area contributed by atoms with E-state index in [1.54, 1.807) is 30.3 Å². The van der Waals surface area contributed by atoms with Gasteiger partial charge in [-0.1, -0.05) is 17.7 Å². The summed E-state index contributed by atoms with van der Waals surface area (Å²) in [6.07, 6.45) is 1.49. The maximum absolute atomic E-state index is 12.2. The number of ether oxygens (including phenoxy) is 1. The molecule has 0 aliphatic rings. The molecule has 0 spiro atoms. The molecule has 1 aromatic carbocycles. The lowest BCUT2D eigenvalue weighted by molar-refractivity contribution is 0.102. The minimum absolute atomic E-state index is 0.0957. The molecule has 100 valence electrons. The topological polar surface area (TPSA) is 75.0 Å². The molecular weight excluding hydrogens is 278 g/mol. The number of benzene rings is 1. The van der Waals surface area contributed by atoms with Crippen molar-refractivity contribution in [2.24, 2.45) is 0 Å². The first kappa shape index (κ1) is 13.8. The van der Waals surface area contributed by atoms with E-state index in [4.69, 9.17) is 21.6 Å². The van der Waals surface area contributed by atoms with Gasteiger partial charge in [0.05, 0.1) is 18.2 Å². The number of methoxy groups -OCH3 is 1. The van der Waals surface area contributed by atoms with Crippen molar-refractivity contribution < 1.29 is 9.53 Å². The average molecular weight is 288 g/mol. The number of amides is 1. The molecule has 2 aromatic rings. The van der Waals surface area contributed by atoms with Gasteiger partial charge in [0.15, 0.2) is 0 Å². The van der Waals surface area contributed by atoms with Crippen LogP contribution in [0.2, 0.25) is 5.15 Å². The minimum atomic E-state index is -0.455. The van der Waals surface area contributed by atoms with Crippen molar-refractivity contribution in [3.63, 3.8) is 0 Å². The summed E-state index contributed by atoms with van der Waals surface area (Å²) in [6.45, 7) is 0. The number of aromatic nitrogens is 1. The van der Waals surface area contributed by atoms with Crippen molar-refractivity contribution in [3.8, 4) is 11.8 Å². The van der Waals surface area contributed by atoms with Gasteiger partial charge in [-0.15, -0.1) is 0 Å². The maximum atomic E-state index is 12.2. The van der Waals surface area contributed by atoms with E-state index in [2.05, 4.69) is 10.3 Å². The maximum Gasteiger partial charge on any atom is 0.258 e. The number of rotatable bonds is 3. The zero-order chi connectivity index (χ0) is 14.5. The summed E-state index contributed by atoms with van der Waals surface area (Å²) >= 11 is 5.86. The van der Waals surface area contributed by atoms with Crippen LogP contribution in [0.5, 0.6) is 5.75 Å². The van der Waals surface area contributed by atoms with E-state index in [9.17, 15) is 4.79 Å². The number of nitriles is 1. The Kier molecular flexibility index (Phi) is 4.18. The smallest absolute Gasteiger partial charge is 0.258 e. The van der Waals surface area contributed by atoms with Crippen LogP contribution in [0, 0.1) is 11.3 Å². The van der Waals surface area contributed by atoms with Crippen molar-refractivity contribution in [1.29, 1.82) is 5.26 Å². The lowest BCUT2D eigenvalue weighted by Crippen LogP contribution is -2.14. The fourth-order valence-electron chi connectivity index (χ4n) is 1.66. The fraction of sp³-hybridized carbons (Fsp3) is 0.0714. The summed E-state index contributed by atoms with van der Waals surface area (Å²) in [5.74, 6) is -0.0542. The zero-order valence-corrected chi connectivity index (χ0v) is 11.3. The summed E-state index contributed by atoms with van der Waals surface area (Å²) < 4.78 is 5.14. The second kappa shape index (κ2) is 6.04. The Balaban J connectivity index is 2.38. The number of hydrogen-bond donors (Lipinski definition) is 1. The Labute approximate surface area is 120 Å². The van der Waals surface area contributed by atoms with Crippen LogP contribution in [-0.4, -0.2) is 18.0 Å². The Morgan fingerprint density at radius 1 is 1.40 bits per heavy atom. The van der Waals surface area contributed by atoms with E-state index < -0.39 is 5.91 Å². The molecule has 6 heteroatoms. The second-order valence-electron chi connectivity index (χ2n) is 3.79. The van der Waals surface area contributed by atoms with Gasteiger partial charge >= 0.3 is 0 Å². The van der Waals surface area contributed by atoms with Crippen molar-refractivity contribution >= 4 is 23.2 Å². The minimum Gasteiger partial charge on any atom is -0.495 e. The Morgan fingerprint density at radius 3 is 2.85 bits per heavy atom. The van der Waals surface area contributed by atoms with Gasteiger partial charge in [-0.3, -0.25) is 4.79 Å². The first-order chi connectivity index (χ1) is 9.67. The second-order valence-corrected chi connectivity index (χ2v) is 4.15. The molecule has 5 nitrogen and oxygen atoms in total. The first-order valence-electron chi connectivity index (χ1n) is 5.66. The predicted octanol–water partition coefficient (Wildman–Crippen LogP) is 2.87. The molecule has 2 rings (SSSR count). The highest BCUT2D eigenvalue weighted by molar-refractivity contribution is 6.33. The van der Waals surface area contributed by atoms with Gasteiger partial charge < -0.3 is 10.1 Å². The van der Waals surface area contributed by atoms with Crippen LogP contribution in [0.25, 0.3) is 0 Å². The number of nitrogens with one attached hydrogen (secondary N) is 1. The van der Waals surface area contributed by atoms with E-state index in [-0.39, 0.29) is 10.7 Å². The number of carbonyl (C=O) groups excluding carboxylic acids is 1. The van der Waals surface area contributed by atoms with Crippen LogP contribution < -0.4 is 10.1 Å². The van der Waals surface area contributed by atoms with E-state index >= 15 is 0 Å². The molecule has 20 heavy (non-hydrogen) atoms. The van der Waals surface area contributed by atoms with Crippen molar-refractivity contribution in [2.75, 3.05) is 12.4 Å². The predicted molar refractivity (Wildman–Crippen MR) is 74.9 cm³/mol. The van der Waals surface area contributed by atoms with Gasteiger partial charge in [0, 0.05) is 6.20 Å². The van der Waals surface area contributed by atoms with Gasteiger partial charge in [-0.25, -0.2) is 4.98 Å². The lowest BCUT2D eigenvalue weighted by atomic mass is 10.1. The Hall–Kier alpha value is -2.58. The monoisotopic (exact) mass is 287 g/mol. The molecule has 0 aliphatic heterocycles. The summed E-state index contributed by atoms with van der Waals surface area (Å²) in [7, 11) is 1.46. The lowest BCUT2D eigenvalue weighted by Gasteiger charge is -2.11. The van der Waals surface area contributed by atoms with Gasteiger partial charge in [-0.05, 0) is 24.3 Å². The van der Waals surface area contributed by atoms with Gasteiger partial charge in [0.25, 0.3) is 5.91 Å². The molecule has 0 saturated carbocycles. The van der Waals surface area contributed by atoms with Crippen LogP contribution in [0.1, 0.15) is 15.9 Å². The van der Waals surface area contributed by atoms with Crippen LogP contribution >= 0.6 is 11.6 Å². The SMILES string of the molecule is COc1cccc(C#N)c1NC(=O)c1cccnc1Cl. The van der Waals surface area contributed by atoms with Crippen molar-refractivity contribution in [2.45, 2.75) is 0 Å². The Bertz CT molecular complexity index is 695. The third-order valence-electron chi connectivity index (χ3n) is 2.61. The van der Waals surface area contributed by atoms with E-state index in [1.807, 2.05) is 6.07 Å². The molecule has 0 aliphatic carbocycles. The van der Waals surface area contributed by atoms with Gasteiger partial charge in [-0.2, -0.15) is 5.26 Å². The highest BCUT2D eigenvalue weighted by atomic mass is 35.5. The van der Waals surface area contributed by atoms with Crippen molar-refractivity contribution in [3.05, 3.63) is 52.8 Å². The summed E-state index contributed by atoms with van der Waals surface area (Å²) in [4.78, 5) is 16.0. The summed E-state index contributed by atoms with van der Waals surface area (Å²) in [5.41, 5.74) is 0.837. The highest BCUT2D eigenvalue weighted by Crippen LogP contribution is 2.28. The van der Waals surface area contributed by atoms with Crippen LogP contribution in [0.3, 0.4) is 0 Å². The van der Waals surface area contributed by atoms with Crippen LogP contribution in [0.15, 0.2) is 36.5 Å². The molecule has 1 heterocycles. The first-order valence-corrected chi connectivity index (χ1v) is 6.04. The molecule has 0 unspecified atom stereocenters. The van der Waals surface area contributed by atoms with E-state index in [0.717, 1.165) is 0 Å². The van der Waals surface area contributed by atoms with Crippen LogP contribution in [-0.2, 0) is 0 Å². The average Bonchev–Trinajstić information content (AvgIpc) is 2.47. The number of carbonyl (C=O) groups is 1. The summed E-state index contributed by atoms with van der Waals surface area (Å²) in [5, 5.41) is 11.8. The number of nitrogens with zero attached hydrogens (tertiary/aromatic N) is 2. The third kappa shape index (κ3) is 2.71. The number of anilines is 1. The molecule has 0 atom stereocenters. The molecule has 0 bridgehead atoms. The van der Waals surface area contributed by atoms with Crippen molar-refractivity contribution in [1.82, 2.24) is 4.98 Å². The van der Waals surface area contributed by atoms with Gasteiger partial charge in [0.2, 0.25) is 0 Å². The zero-order valence-electron chi connectivity index (χ0n) is 10.6. The molecule has 1 N–H and O–H groups in total. The number of pyridine rings is 1. The summed E-state index contributed by atoms with van der Waals surface area (Å²) in [6, 6.07) is 10.1. The normalized spacial score (nSPS) is 9.65. The molecule has 0 radical (unpaired) electrons. The number of para-hydroxylation sites is 1. The van der Waals surface area contributed by atoms with E-state index in [1.165, 1.54) is 13.3 Å². The third-order valence-corrected chi connectivity index (χ3v) is 2.91. The number of halogens is 1. The van der Waals surface area contributed by atoms with Crippen LogP contribution in [0.4, 0.5) is 5.69 Å². The largest absolute Gasteiger partial charge is 0.495 e.